The summed E-state index contributed by atoms with van der Waals surface area (Å²) in [4.78, 5) is 4.20. The number of terminal acetylenes is 1. The summed E-state index contributed by atoms with van der Waals surface area (Å²) in [5, 5.41) is 9.84. The lowest BCUT2D eigenvalue weighted by Gasteiger charge is -2.35. The van der Waals surface area contributed by atoms with E-state index in [9.17, 15) is 5.11 Å². The van der Waals surface area contributed by atoms with Gasteiger partial charge in [-0.05, 0) is 18.1 Å². The Morgan fingerprint density at radius 3 is 2.68 bits per heavy atom. The van der Waals surface area contributed by atoms with Crippen LogP contribution in [0.3, 0.4) is 0 Å². The summed E-state index contributed by atoms with van der Waals surface area (Å²) in [5.74, 6) is 2.88. The van der Waals surface area contributed by atoms with Gasteiger partial charge in [0.25, 0.3) is 0 Å². The Morgan fingerprint density at radius 2 is 2.16 bits per heavy atom. The molecule has 0 bridgehead atoms. The van der Waals surface area contributed by atoms with Gasteiger partial charge in [0.15, 0.2) is 8.32 Å². The predicted octanol–water partition coefficient (Wildman–Crippen LogP) is 3.25. The van der Waals surface area contributed by atoms with E-state index >= 15 is 0 Å². The molecule has 1 rings (SSSR count). The van der Waals surface area contributed by atoms with Gasteiger partial charge in [-0.2, -0.15) is 0 Å². The average molecular weight is 281 g/mol. The quantitative estimate of drug-likeness (QED) is 0.665. The average Bonchev–Trinajstić information content (AvgIpc) is 2.74. The fraction of sp³-hybridized carbons (Fsp3) is 0.643. The van der Waals surface area contributed by atoms with Gasteiger partial charge < -0.3 is 13.9 Å². The molecular formula is C14H23NO3Si. The molecule has 0 unspecified atom stereocenters. The number of nitrogens with zero attached hydrogens (tertiary/aromatic N) is 1. The van der Waals surface area contributed by atoms with Crippen molar-refractivity contribution in [2.45, 2.75) is 58.0 Å². The van der Waals surface area contributed by atoms with E-state index in [1.807, 2.05) is 0 Å². The first-order valence-corrected chi connectivity index (χ1v) is 9.28. The van der Waals surface area contributed by atoms with E-state index < -0.39 is 14.4 Å². The first-order valence-electron chi connectivity index (χ1n) is 6.37. The normalized spacial score (nSPS) is 14.2. The number of hydrogen-bond acceptors (Lipinski definition) is 4. The molecule has 0 aliphatic carbocycles. The third-order valence-corrected chi connectivity index (χ3v) is 8.06. The van der Waals surface area contributed by atoms with Crippen molar-refractivity contribution in [2.75, 3.05) is 0 Å². The molecule has 0 fully saturated rings. The Morgan fingerprint density at radius 1 is 1.53 bits per heavy atom. The maximum Gasteiger partial charge on any atom is 0.219 e. The Hall–Kier alpha value is -1.09. The van der Waals surface area contributed by atoms with Crippen molar-refractivity contribution < 1.29 is 13.9 Å². The Balaban J connectivity index is 2.63. The zero-order chi connectivity index (χ0) is 14.7. The van der Waals surface area contributed by atoms with Crippen molar-refractivity contribution in [1.82, 2.24) is 4.98 Å². The van der Waals surface area contributed by atoms with E-state index in [1.54, 1.807) is 0 Å². The van der Waals surface area contributed by atoms with Gasteiger partial charge in [-0.3, -0.25) is 0 Å². The monoisotopic (exact) mass is 281 g/mol. The number of aromatic nitrogens is 1. The lowest BCUT2D eigenvalue weighted by molar-refractivity contribution is 0.179. The smallest absolute Gasteiger partial charge is 0.219 e. The van der Waals surface area contributed by atoms with Crippen LogP contribution in [0.25, 0.3) is 0 Å². The second-order valence-electron chi connectivity index (χ2n) is 6.14. The highest BCUT2D eigenvalue weighted by atomic mass is 28.4. The van der Waals surface area contributed by atoms with Gasteiger partial charge in [0.05, 0.1) is 0 Å². The Bertz CT molecular complexity index is 454. The Kier molecular flexibility index (Phi) is 4.96. The number of aliphatic hydroxyl groups is 1. The molecule has 0 saturated carbocycles. The van der Waals surface area contributed by atoms with Crippen molar-refractivity contribution in [3.63, 3.8) is 0 Å². The number of rotatable bonds is 5. The molecule has 0 radical (unpaired) electrons. The van der Waals surface area contributed by atoms with Crippen molar-refractivity contribution in [1.29, 1.82) is 0 Å². The SMILES string of the molecule is C#CC[C@H](O)c1coc(CO[Si](C)(C)C(C)(C)C)n1. The summed E-state index contributed by atoms with van der Waals surface area (Å²) in [6, 6.07) is 0. The molecule has 0 saturated heterocycles. The molecule has 0 spiro atoms. The van der Waals surface area contributed by atoms with E-state index in [1.165, 1.54) is 6.26 Å². The standard InChI is InChI=1S/C14H23NO3Si/c1-7-8-12(16)11-9-17-13(15-11)10-18-19(5,6)14(2,3)4/h1,9,12,16H,8,10H2,2-6H3/t12-/m0/s1. The molecule has 0 amide bonds. The van der Waals surface area contributed by atoms with Gasteiger partial charge in [-0.25, -0.2) is 4.98 Å². The van der Waals surface area contributed by atoms with Gasteiger partial charge in [0.1, 0.15) is 24.7 Å². The minimum atomic E-state index is -1.82. The molecule has 1 heterocycles. The lowest BCUT2D eigenvalue weighted by Crippen LogP contribution is -2.40. The van der Waals surface area contributed by atoms with Crippen molar-refractivity contribution in [3.8, 4) is 12.3 Å². The van der Waals surface area contributed by atoms with Gasteiger partial charge in [-0.15, -0.1) is 12.3 Å². The Labute approximate surface area is 116 Å². The van der Waals surface area contributed by atoms with Crippen molar-refractivity contribution >= 4 is 8.32 Å². The number of oxazole rings is 1. The van der Waals surface area contributed by atoms with E-state index in [-0.39, 0.29) is 11.5 Å². The molecule has 4 nitrogen and oxygen atoms in total. The van der Waals surface area contributed by atoms with Gasteiger partial charge >= 0.3 is 0 Å². The maximum atomic E-state index is 9.69. The van der Waals surface area contributed by atoms with Crippen molar-refractivity contribution in [2.24, 2.45) is 0 Å². The molecule has 1 aromatic rings. The van der Waals surface area contributed by atoms with Crippen LogP contribution in [0.1, 0.15) is 44.9 Å². The van der Waals surface area contributed by atoms with Crippen LogP contribution in [0.4, 0.5) is 0 Å². The molecule has 19 heavy (non-hydrogen) atoms. The summed E-state index contributed by atoms with van der Waals surface area (Å²) in [6.07, 6.45) is 6.05. The van der Waals surface area contributed by atoms with E-state index in [4.69, 9.17) is 15.3 Å². The van der Waals surface area contributed by atoms with Crippen LogP contribution in [-0.2, 0) is 11.0 Å². The molecule has 5 heteroatoms. The maximum absolute atomic E-state index is 9.69. The van der Waals surface area contributed by atoms with Crippen LogP contribution in [0, 0.1) is 12.3 Å². The third kappa shape index (κ3) is 4.20. The van der Waals surface area contributed by atoms with Crippen LogP contribution in [0.5, 0.6) is 0 Å². The van der Waals surface area contributed by atoms with Crippen LogP contribution in [-0.4, -0.2) is 18.4 Å². The molecule has 0 aliphatic heterocycles. The third-order valence-electron chi connectivity index (χ3n) is 3.58. The number of aliphatic hydroxyl groups excluding tert-OH is 1. The molecule has 1 atom stereocenters. The largest absolute Gasteiger partial charge is 0.446 e. The minimum Gasteiger partial charge on any atom is -0.446 e. The molecular weight excluding hydrogens is 258 g/mol. The lowest BCUT2D eigenvalue weighted by atomic mass is 10.2. The first kappa shape index (κ1) is 16.0. The van der Waals surface area contributed by atoms with E-state index in [0.717, 1.165) is 0 Å². The molecule has 1 N–H and O–H groups in total. The highest BCUT2D eigenvalue weighted by molar-refractivity contribution is 6.74. The summed E-state index contributed by atoms with van der Waals surface area (Å²) >= 11 is 0. The van der Waals surface area contributed by atoms with Gasteiger partial charge in [0.2, 0.25) is 5.89 Å². The topological polar surface area (TPSA) is 55.5 Å². The summed E-state index contributed by atoms with van der Waals surface area (Å²) in [5.41, 5.74) is 0.465. The fourth-order valence-electron chi connectivity index (χ4n) is 1.22. The summed E-state index contributed by atoms with van der Waals surface area (Å²) in [6.45, 7) is 11.2. The zero-order valence-corrected chi connectivity index (χ0v) is 13.4. The molecule has 106 valence electrons. The van der Waals surface area contributed by atoms with Crippen LogP contribution in [0.15, 0.2) is 10.7 Å². The van der Waals surface area contributed by atoms with Gasteiger partial charge in [0, 0.05) is 6.42 Å². The molecule has 0 aromatic carbocycles. The second-order valence-corrected chi connectivity index (χ2v) is 10.9. The fourth-order valence-corrected chi connectivity index (χ4v) is 2.14. The van der Waals surface area contributed by atoms with Crippen LogP contribution >= 0.6 is 0 Å². The van der Waals surface area contributed by atoms with Crippen molar-refractivity contribution in [3.05, 3.63) is 17.8 Å². The minimum absolute atomic E-state index is 0.144. The molecule has 0 aliphatic rings. The zero-order valence-electron chi connectivity index (χ0n) is 12.4. The predicted molar refractivity (Wildman–Crippen MR) is 76.9 cm³/mol. The second kappa shape index (κ2) is 5.91. The van der Waals surface area contributed by atoms with E-state index in [0.29, 0.717) is 18.2 Å². The molecule has 1 aromatic heterocycles. The first-order chi connectivity index (χ1) is 8.67. The number of hydrogen-bond donors (Lipinski definition) is 1. The van der Waals surface area contributed by atoms with Gasteiger partial charge in [-0.1, -0.05) is 20.8 Å². The summed E-state index contributed by atoms with van der Waals surface area (Å²) in [7, 11) is -1.82. The summed E-state index contributed by atoms with van der Waals surface area (Å²) < 4.78 is 11.3. The highest BCUT2D eigenvalue weighted by Gasteiger charge is 2.37. The van der Waals surface area contributed by atoms with Crippen LogP contribution < -0.4 is 0 Å². The highest BCUT2D eigenvalue weighted by Crippen LogP contribution is 2.37. The van der Waals surface area contributed by atoms with E-state index in [2.05, 4.69) is 44.8 Å². The van der Waals surface area contributed by atoms with Crippen LogP contribution in [0.2, 0.25) is 18.1 Å².